The molecule has 0 saturated heterocycles. The molecular formula is C56H36N2O. The molecule has 10 aromatic rings. The van der Waals surface area contributed by atoms with Crippen LogP contribution in [0.5, 0.6) is 0 Å². The Hall–Kier alpha value is -7.46. The van der Waals surface area contributed by atoms with Gasteiger partial charge in [0.2, 0.25) is 0 Å². The molecule has 276 valence electrons. The molecule has 0 fully saturated rings. The Morgan fingerprint density at radius 3 is 1.22 bits per heavy atom. The third-order valence-electron chi connectivity index (χ3n) is 12.8. The van der Waals surface area contributed by atoms with Crippen molar-refractivity contribution in [3.05, 3.63) is 251 Å². The van der Waals surface area contributed by atoms with E-state index in [1.165, 1.54) is 44.3 Å². The van der Waals surface area contributed by atoms with Crippen LogP contribution in [0.3, 0.4) is 0 Å². The van der Waals surface area contributed by atoms with Crippen LogP contribution in [0, 0.1) is 0 Å². The molecule has 0 atom stereocenters. The van der Waals surface area contributed by atoms with Crippen molar-refractivity contribution in [1.29, 1.82) is 0 Å². The number of aromatic nitrogens is 2. The summed E-state index contributed by atoms with van der Waals surface area (Å²) < 4.78 is 0. The third-order valence-corrected chi connectivity index (χ3v) is 12.8. The van der Waals surface area contributed by atoms with Gasteiger partial charge >= 0.3 is 0 Å². The summed E-state index contributed by atoms with van der Waals surface area (Å²) in [7, 11) is 0. The Morgan fingerprint density at radius 1 is 0.305 bits per heavy atom. The Kier molecular flexibility index (Phi) is 7.29. The molecule has 3 nitrogen and oxygen atoms in total. The van der Waals surface area contributed by atoms with E-state index in [1.807, 2.05) is 72.8 Å². The number of nitrogens with zero attached hydrogens (tertiary/aromatic N) is 2. The van der Waals surface area contributed by atoms with Crippen LogP contribution in [-0.2, 0) is 11.0 Å². The zero-order valence-electron chi connectivity index (χ0n) is 32.0. The second-order valence-electron chi connectivity index (χ2n) is 15.7. The predicted molar refractivity (Wildman–Crippen MR) is 239 cm³/mol. The number of fused-ring (bicyclic) bond motifs is 15. The molecule has 3 aliphatic carbocycles. The normalized spacial score (nSPS) is 14.1. The average molecular weight is 753 g/mol. The molecule has 0 bridgehead atoms. The Labute approximate surface area is 342 Å². The van der Waals surface area contributed by atoms with E-state index < -0.39 is 5.60 Å². The second kappa shape index (κ2) is 12.8. The van der Waals surface area contributed by atoms with Crippen LogP contribution < -0.4 is 0 Å². The number of benzene rings is 8. The Morgan fingerprint density at radius 2 is 0.678 bits per heavy atom. The Balaban J connectivity index is 0.000000128. The quantitative estimate of drug-likeness (QED) is 0.191. The lowest BCUT2D eigenvalue weighted by atomic mass is 9.70. The molecule has 0 saturated carbocycles. The summed E-state index contributed by atoms with van der Waals surface area (Å²) in [5.41, 5.74) is 17.4. The molecule has 2 aromatic heterocycles. The van der Waals surface area contributed by atoms with Crippen LogP contribution in [0.1, 0.15) is 38.9 Å². The van der Waals surface area contributed by atoms with Gasteiger partial charge in [-0.25, -0.2) is 9.97 Å². The van der Waals surface area contributed by atoms with Gasteiger partial charge in [-0.3, -0.25) is 0 Å². The van der Waals surface area contributed by atoms with Crippen LogP contribution in [0.25, 0.3) is 66.6 Å². The Bertz CT molecular complexity index is 3220. The molecule has 1 spiro atoms. The summed E-state index contributed by atoms with van der Waals surface area (Å²) in [4.78, 5) is 10.2. The van der Waals surface area contributed by atoms with Gasteiger partial charge in [-0.2, -0.15) is 0 Å². The van der Waals surface area contributed by atoms with E-state index in [1.54, 1.807) is 0 Å². The van der Waals surface area contributed by atoms with Gasteiger partial charge in [0.15, 0.2) is 0 Å². The molecule has 0 radical (unpaired) electrons. The first-order chi connectivity index (χ1) is 29.2. The summed E-state index contributed by atoms with van der Waals surface area (Å²) in [5, 5.41) is 14.6. The van der Waals surface area contributed by atoms with Gasteiger partial charge in [0.25, 0.3) is 0 Å². The largest absolute Gasteiger partial charge is 0.376 e. The first kappa shape index (κ1) is 33.7. The van der Waals surface area contributed by atoms with Gasteiger partial charge in [-0.1, -0.05) is 188 Å². The van der Waals surface area contributed by atoms with Crippen molar-refractivity contribution in [2.45, 2.75) is 11.0 Å². The van der Waals surface area contributed by atoms with Crippen LogP contribution in [0.15, 0.2) is 212 Å². The minimum absolute atomic E-state index is 0.295. The molecule has 1 N–H and O–H groups in total. The molecule has 0 amide bonds. The number of rotatable bonds is 2. The first-order valence-corrected chi connectivity index (χ1v) is 20.2. The van der Waals surface area contributed by atoms with Crippen LogP contribution >= 0.6 is 0 Å². The second-order valence-corrected chi connectivity index (χ2v) is 15.7. The van der Waals surface area contributed by atoms with Gasteiger partial charge in [0.05, 0.1) is 27.8 Å². The van der Waals surface area contributed by atoms with Crippen molar-refractivity contribution in [3.63, 3.8) is 0 Å². The number of aliphatic hydroxyl groups is 1. The van der Waals surface area contributed by atoms with E-state index in [0.717, 1.165) is 61.2 Å². The molecule has 0 aliphatic heterocycles. The molecular weight excluding hydrogens is 717 g/mol. The van der Waals surface area contributed by atoms with E-state index in [4.69, 9.17) is 9.97 Å². The van der Waals surface area contributed by atoms with E-state index in [0.29, 0.717) is 0 Å². The molecule has 59 heavy (non-hydrogen) atoms. The standard InChI is InChI=1S/C28H19NO.C28H17N/c30-28(23-15-7-5-13-21(23)22-14-6-8-16-24(22)28)25-18-20-12-4-9-17-26(20)29-27(25)19-10-2-1-3-11-19;1-8-16-26-18(9-1)17-25-27(29-26)21-12-4-7-15-24(21)28(25)22-13-5-2-10-19(22)20-11-3-6-14-23(20)28/h1-18,30H;1-17H. The summed E-state index contributed by atoms with van der Waals surface area (Å²) in [6.07, 6.45) is 0. The van der Waals surface area contributed by atoms with Crippen molar-refractivity contribution in [2.75, 3.05) is 0 Å². The molecule has 13 rings (SSSR count). The monoisotopic (exact) mass is 752 g/mol. The minimum Gasteiger partial charge on any atom is -0.376 e. The lowest BCUT2D eigenvalue weighted by Gasteiger charge is -2.30. The number of pyridine rings is 2. The van der Waals surface area contributed by atoms with Crippen molar-refractivity contribution in [3.8, 4) is 44.8 Å². The molecule has 2 heterocycles. The fourth-order valence-electron chi connectivity index (χ4n) is 10.3. The van der Waals surface area contributed by atoms with Crippen molar-refractivity contribution < 1.29 is 5.11 Å². The molecule has 8 aromatic carbocycles. The van der Waals surface area contributed by atoms with Gasteiger partial charge in [0, 0.05) is 38.6 Å². The summed E-state index contributed by atoms with van der Waals surface area (Å²) in [5.74, 6) is 0. The van der Waals surface area contributed by atoms with Crippen molar-refractivity contribution in [1.82, 2.24) is 9.97 Å². The molecule has 0 unspecified atom stereocenters. The van der Waals surface area contributed by atoms with Gasteiger partial charge in [-0.05, 0) is 68.8 Å². The van der Waals surface area contributed by atoms with Gasteiger partial charge in [0.1, 0.15) is 5.60 Å². The van der Waals surface area contributed by atoms with E-state index in [-0.39, 0.29) is 5.41 Å². The lowest BCUT2D eigenvalue weighted by molar-refractivity contribution is 0.131. The number of hydrogen-bond donors (Lipinski definition) is 1. The number of para-hydroxylation sites is 2. The van der Waals surface area contributed by atoms with Crippen LogP contribution in [0.4, 0.5) is 0 Å². The van der Waals surface area contributed by atoms with Gasteiger partial charge < -0.3 is 5.11 Å². The fourth-order valence-corrected chi connectivity index (χ4v) is 10.3. The molecule has 3 heteroatoms. The maximum absolute atomic E-state index is 12.4. The number of hydrogen-bond acceptors (Lipinski definition) is 3. The van der Waals surface area contributed by atoms with Crippen molar-refractivity contribution in [2.24, 2.45) is 0 Å². The zero-order chi connectivity index (χ0) is 39.1. The average Bonchev–Trinajstić information content (AvgIpc) is 3.88. The van der Waals surface area contributed by atoms with Crippen LogP contribution in [-0.4, -0.2) is 15.1 Å². The SMILES string of the molecule is OC1(c2cc3ccccc3nc2-c2ccccc2)c2ccccc2-c2ccccc21.c1ccc2c(c1)-c1ccccc1C21c2ccccc2-c2nc3ccccc3cc21. The molecule has 3 aliphatic rings. The zero-order valence-corrected chi connectivity index (χ0v) is 32.0. The topological polar surface area (TPSA) is 46.0 Å². The van der Waals surface area contributed by atoms with E-state index in [9.17, 15) is 5.11 Å². The highest BCUT2D eigenvalue weighted by atomic mass is 16.3. The highest BCUT2D eigenvalue weighted by molar-refractivity contribution is 5.97. The van der Waals surface area contributed by atoms with Crippen molar-refractivity contribution >= 4 is 21.8 Å². The van der Waals surface area contributed by atoms with Crippen LogP contribution in [0.2, 0.25) is 0 Å². The smallest absolute Gasteiger partial charge is 0.143 e. The highest BCUT2D eigenvalue weighted by Gasteiger charge is 2.52. The lowest BCUT2D eigenvalue weighted by Crippen LogP contribution is -2.27. The predicted octanol–water partition coefficient (Wildman–Crippen LogP) is 12.7. The maximum Gasteiger partial charge on any atom is 0.143 e. The summed E-state index contributed by atoms with van der Waals surface area (Å²) >= 11 is 0. The third kappa shape index (κ3) is 4.68. The maximum atomic E-state index is 12.4. The highest BCUT2D eigenvalue weighted by Crippen LogP contribution is 2.62. The first-order valence-electron chi connectivity index (χ1n) is 20.2. The van der Waals surface area contributed by atoms with Gasteiger partial charge in [-0.15, -0.1) is 0 Å². The fraction of sp³-hybridized carbons (Fsp3) is 0.0357. The van der Waals surface area contributed by atoms with E-state index in [2.05, 4.69) is 140 Å². The van der Waals surface area contributed by atoms with E-state index >= 15 is 0 Å². The summed E-state index contributed by atoms with van der Waals surface area (Å²) in [6.45, 7) is 0. The minimum atomic E-state index is -1.27. The summed E-state index contributed by atoms with van der Waals surface area (Å²) in [6, 6.07) is 74.0.